The standard InChI is InChI=1S/C19H24N4O3/c24-12-15-7-4-8-23(11-15)18-10-17(20-13-21-18)22-16(19(25)26)9-14-5-2-1-3-6-14/h1-3,5-6,10,13,15-16,24H,4,7-9,11-12H2,(H,25,26)(H,20,21,22)/t15?,16-/m1/s1. The van der Waals surface area contributed by atoms with Crippen LogP contribution in [0.4, 0.5) is 11.6 Å². The maximum atomic E-state index is 11.6. The number of aromatic nitrogens is 2. The average Bonchev–Trinajstić information content (AvgIpc) is 2.68. The Labute approximate surface area is 152 Å². The lowest BCUT2D eigenvalue weighted by molar-refractivity contribution is -0.137. The molecular weight excluding hydrogens is 332 g/mol. The quantitative estimate of drug-likeness (QED) is 0.696. The zero-order chi connectivity index (χ0) is 18.4. The fraction of sp³-hybridized carbons (Fsp3) is 0.421. The van der Waals surface area contributed by atoms with Gasteiger partial charge in [0, 0.05) is 32.2 Å². The summed E-state index contributed by atoms with van der Waals surface area (Å²) in [4.78, 5) is 22.2. The predicted octanol–water partition coefficient (Wildman–Crippen LogP) is 1.79. The topological polar surface area (TPSA) is 98.6 Å². The molecule has 2 aromatic rings. The Morgan fingerprint density at radius 3 is 2.85 bits per heavy atom. The first-order valence-corrected chi connectivity index (χ1v) is 8.87. The van der Waals surface area contributed by atoms with Crippen molar-refractivity contribution in [3.8, 4) is 0 Å². The molecule has 7 heteroatoms. The summed E-state index contributed by atoms with van der Waals surface area (Å²) in [7, 11) is 0. The molecule has 0 bridgehead atoms. The number of benzene rings is 1. The number of anilines is 2. The van der Waals surface area contributed by atoms with E-state index in [1.54, 1.807) is 6.07 Å². The maximum absolute atomic E-state index is 11.6. The first-order valence-electron chi connectivity index (χ1n) is 8.87. The number of aliphatic hydroxyl groups excluding tert-OH is 1. The second-order valence-corrected chi connectivity index (χ2v) is 6.62. The van der Waals surface area contributed by atoms with Crippen molar-refractivity contribution in [1.82, 2.24) is 9.97 Å². The first-order chi connectivity index (χ1) is 12.7. The highest BCUT2D eigenvalue weighted by Crippen LogP contribution is 2.23. The van der Waals surface area contributed by atoms with E-state index in [1.807, 2.05) is 30.3 Å². The van der Waals surface area contributed by atoms with Crippen molar-refractivity contribution in [2.75, 3.05) is 29.9 Å². The number of nitrogens with zero attached hydrogens (tertiary/aromatic N) is 3. The van der Waals surface area contributed by atoms with Gasteiger partial charge >= 0.3 is 5.97 Å². The summed E-state index contributed by atoms with van der Waals surface area (Å²) >= 11 is 0. The Bertz CT molecular complexity index is 726. The second kappa shape index (κ2) is 8.62. The van der Waals surface area contributed by atoms with Gasteiger partial charge in [-0.3, -0.25) is 0 Å². The molecule has 1 aromatic heterocycles. The third-order valence-electron chi connectivity index (χ3n) is 4.66. The Morgan fingerprint density at radius 1 is 1.31 bits per heavy atom. The van der Waals surface area contributed by atoms with Gasteiger partial charge in [-0.1, -0.05) is 30.3 Å². The van der Waals surface area contributed by atoms with Gasteiger partial charge in [-0.25, -0.2) is 14.8 Å². The summed E-state index contributed by atoms with van der Waals surface area (Å²) in [6, 6.07) is 10.5. The highest BCUT2D eigenvalue weighted by molar-refractivity contribution is 5.77. The van der Waals surface area contributed by atoms with Crippen LogP contribution in [0, 0.1) is 5.92 Å². The molecule has 1 fully saturated rings. The van der Waals surface area contributed by atoms with Gasteiger partial charge in [-0.05, 0) is 24.3 Å². The van der Waals surface area contributed by atoms with E-state index >= 15 is 0 Å². The van der Waals surface area contributed by atoms with Gasteiger partial charge in [0.2, 0.25) is 0 Å². The molecule has 0 aliphatic carbocycles. The molecule has 1 unspecified atom stereocenters. The minimum Gasteiger partial charge on any atom is -0.480 e. The lowest BCUT2D eigenvalue weighted by atomic mass is 9.99. The van der Waals surface area contributed by atoms with E-state index in [9.17, 15) is 15.0 Å². The van der Waals surface area contributed by atoms with Crippen LogP contribution in [0.2, 0.25) is 0 Å². The van der Waals surface area contributed by atoms with Crippen LogP contribution in [-0.2, 0) is 11.2 Å². The Hall–Kier alpha value is -2.67. The van der Waals surface area contributed by atoms with Crippen LogP contribution >= 0.6 is 0 Å². The molecule has 0 spiro atoms. The lowest BCUT2D eigenvalue weighted by Gasteiger charge is -2.32. The van der Waals surface area contributed by atoms with Crippen LogP contribution < -0.4 is 10.2 Å². The summed E-state index contributed by atoms with van der Waals surface area (Å²) in [5.74, 6) is 0.571. The number of nitrogens with one attached hydrogen (secondary N) is 1. The van der Waals surface area contributed by atoms with Crippen molar-refractivity contribution in [2.24, 2.45) is 5.92 Å². The van der Waals surface area contributed by atoms with E-state index in [-0.39, 0.29) is 12.5 Å². The summed E-state index contributed by atoms with van der Waals surface area (Å²) in [5.41, 5.74) is 0.948. The van der Waals surface area contributed by atoms with E-state index in [1.165, 1.54) is 6.33 Å². The van der Waals surface area contributed by atoms with E-state index in [0.29, 0.717) is 12.2 Å². The van der Waals surface area contributed by atoms with E-state index in [2.05, 4.69) is 20.2 Å². The van der Waals surface area contributed by atoms with Gasteiger partial charge < -0.3 is 20.4 Å². The Balaban J connectivity index is 1.71. The van der Waals surface area contributed by atoms with Crippen molar-refractivity contribution in [3.05, 3.63) is 48.3 Å². The number of hydrogen-bond acceptors (Lipinski definition) is 6. The number of carbonyl (C=O) groups is 1. The van der Waals surface area contributed by atoms with Crippen LogP contribution in [0.25, 0.3) is 0 Å². The fourth-order valence-corrected chi connectivity index (χ4v) is 3.25. The third-order valence-corrected chi connectivity index (χ3v) is 4.66. The van der Waals surface area contributed by atoms with E-state index in [4.69, 9.17) is 0 Å². The molecule has 1 aliphatic heterocycles. The van der Waals surface area contributed by atoms with Crippen molar-refractivity contribution in [3.63, 3.8) is 0 Å². The minimum atomic E-state index is -0.924. The molecule has 2 heterocycles. The molecule has 1 aromatic carbocycles. The Morgan fingerprint density at radius 2 is 2.12 bits per heavy atom. The van der Waals surface area contributed by atoms with Crippen LogP contribution in [0.1, 0.15) is 18.4 Å². The molecule has 138 valence electrons. The first kappa shape index (κ1) is 18.1. The zero-order valence-corrected chi connectivity index (χ0v) is 14.6. The normalized spacial score (nSPS) is 18.3. The molecule has 0 radical (unpaired) electrons. The average molecular weight is 356 g/mol. The minimum absolute atomic E-state index is 0.171. The molecule has 2 atom stereocenters. The molecule has 1 aliphatic rings. The van der Waals surface area contributed by atoms with Crippen LogP contribution in [-0.4, -0.2) is 51.9 Å². The maximum Gasteiger partial charge on any atom is 0.326 e. The third kappa shape index (κ3) is 4.70. The van der Waals surface area contributed by atoms with Crippen molar-refractivity contribution in [2.45, 2.75) is 25.3 Å². The number of carboxylic acid groups (broad SMARTS) is 1. The summed E-state index contributed by atoms with van der Waals surface area (Å²) in [5, 5.41) is 21.9. The van der Waals surface area contributed by atoms with Gasteiger partial charge in [-0.2, -0.15) is 0 Å². The smallest absolute Gasteiger partial charge is 0.326 e. The SMILES string of the molecule is O=C(O)[C@@H](Cc1ccccc1)Nc1cc(N2CCCC(CO)C2)ncn1. The zero-order valence-electron chi connectivity index (χ0n) is 14.6. The highest BCUT2D eigenvalue weighted by Gasteiger charge is 2.22. The van der Waals surface area contributed by atoms with Crippen LogP contribution in [0.3, 0.4) is 0 Å². The number of hydrogen-bond donors (Lipinski definition) is 3. The van der Waals surface area contributed by atoms with E-state index in [0.717, 1.165) is 37.3 Å². The number of aliphatic carboxylic acids is 1. The predicted molar refractivity (Wildman–Crippen MR) is 99.2 cm³/mol. The molecule has 0 amide bonds. The van der Waals surface area contributed by atoms with Crippen LogP contribution in [0.5, 0.6) is 0 Å². The fourth-order valence-electron chi connectivity index (χ4n) is 3.25. The molecule has 3 N–H and O–H groups in total. The number of rotatable bonds is 7. The van der Waals surface area contributed by atoms with Crippen molar-refractivity contribution >= 4 is 17.6 Å². The molecule has 0 saturated carbocycles. The monoisotopic (exact) mass is 356 g/mol. The second-order valence-electron chi connectivity index (χ2n) is 6.62. The molecule has 26 heavy (non-hydrogen) atoms. The molecular formula is C19H24N4O3. The van der Waals surface area contributed by atoms with Gasteiger partial charge in [0.05, 0.1) is 0 Å². The van der Waals surface area contributed by atoms with Crippen molar-refractivity contribution in [1.29, 1.82) is 0 Å². The lowest BCUT2D eigenvalue weighted by Crippen LogP contribution is -2.37. The molecule has 1 saturated heterocycles. The largest absolute Gasteiger partial charge is 0.480 e. The number of piperidine rings is 1. The Kier molecular flexibility index (Phi) is 6.01. The van der Waals surface area contributed by atoms with Gasteiger partial charge in [0.15, 0.2) is 0 Å². The summed E-state index contributed by atoms with van der Waals surface area (Å²) < 4.78 is 0. The van der Waals surface area contributed by atoms with Gasteiger partial charge in [0.1, 0.15) is 24.0 Å². The van der Waals surface area contributed by atoms with Crippen LogP contribution in [0.15, 0.2) is 42.7 Å². The number of aliphatic hydroxyl groups is 1. The van der Waals surface area contributed by atoms with E-state index < -0.39 is 12.0 Å². The number of carboxylic acids is 1. The van der Waals surface area contributed by atoms with Gasteiger partial charge in [0.25, 0.3) is 0 Å². The molecule has 3 rings (SSSR count). The molecule has 7 nitrogen and oxygen atoms in total. The van der Waals surface area contributed by atoms with Gasteiger partial charge in [-0.15, -0.1) is 0 Å². The summed E-state index contributed by atoms with van der Waals surface area (Å²) in [6.07, 6.45) is 3.83. The summed E-state index contributed by atoms with van der Waals surface area (Å²) in [6.45, 7) is 1.80. The highest BCUT2D eigenvalue weighted by atomic mass is 16.4. The van der Waals surface area contributed by atoms with Crippen molar-refractivity contribution < 1.29 is 15.0 Å².